The third-order valence-corrected chi connectivity index (χ3v) is 8.34. The van der Waals surface area contributed by atoms with Crippen molar-refractivity contribution in [3.63, 3.8) is 0 Å². The number of hydrogen-bond donors (Lipinski definition) is 4. The molecule has 17 nitrogen and oxygen atoms in total. The van der Waals surface area contributed by atoms with E-state index in [1.54, 1.807) is 11.8 Å². The number of alkyl halides is 4. The minimum Gasteiger partial charge on any atom is -0.480 e. The molecule has 0 spiro atoms. The summed E-state index contributed by atoms with van der Waals surface area (Å²) in [5.74, 6) is -3.67. The molecule has 3 rings (SSSR count). The number of esters is 2. The largest absolute Gasteiger partial charge is 0.480 e. The van der Waals surface area contributed by atoms with E-state index in [1.807, 2.05) is 32.0 Å². The van der Waals surface area contributed by atoms with Crippen molar-refractivity contribution in [2.45, 2.75) is 53.3 Å². The molecule has 326 valence electrons. The standard InChI is InChI=1S/C19H15ClF3NO7.C14H20ClNO2.C3H8NO5P/c1-3-29-17(25)10(2)30-18(26)13-9-12(5-6-15(13)24(27)28)31-16-7-4-11(8-14(16)20)19(21,22)23;1-4-12-8-6-7-11(3)14(12)16(10-18-5-2)13(17)9-15;5-3(6)1-4-2-10(7,8)9/h4-10H,3H2,1-2H3;6-8H,4-5,9-10H2,1-3H3;4H,1-2H2,(H,5,6)(H2,7,8,9). The summed E-state index contributed by atoms with van der Waals surface area (Å²) in [4.78, 5) is 74.1. The Morgan fingerprint density at radius 2 is 1.69 bits per heavy atom. The molecule has 4 N–H and O–H groups in total. The van der Waals surface area contributed by atoms with Crippen LogP contribution in [-0.2, 0) is 45.8 Å². The van der Waals surface area contributed by atoms with Gasteiger partial charge in [-0.15, -0.1) is 11.6 Å². The first-order valence-corrected chi connectivity index (χ1v) is 19.9. The van der Waals surface area contributed by atoms with Gasteiger partial charge < -0.3 is 33.8 Å². The fraction of sp³-hybridized carbons (Fsp3) is 0.389. The summed E-state index contributed by atoms with van der Waals surface area (Å²) < 4.78 is 68.6. The summed E-state index contributed by atoms with van der Waals surface area (Å²) in [5, 5.41) is 20.9. The number of halogens is 5. The van der Waals surface area contributed by atoms with Crippen LogP contribution in [0.3, 0.4) is 0 Å². The number of nitro benzene ring substituents is 1. The number of hydrogen-bond acceptors (Lipinski definition) is 12. The van der Waals surface area contributed by atoms with Gasteiger partial charge >= 0.3 is 31.7 Å². The topological polar surface area (TPSA) is 241 Å². The van der Waals surface area contributed by atoms with Crippen molar-refractivity contribution in [1.29, 1.82) is 0 Å². The molecule has 23 heteroatoms. The predicted molar refractivity (Wildman–Crippen MR) is 209 cm³/mol. The van der Waals surface area contributed by atoms with Gasteiger partial charge in [0.25, 0.3) is 5.69 Å². The van der Waals surface area contributed by atoms with Crippen LogP contribution in [0.5, 0.6) is 11.5 Å². The number of benzene rings is 3. The Hall–Kier alpha value is -4.82. The first-order chi connectivity index (χ1) is 27.5. The molecule has 0 saturated heterocycles. The fourth-order valence-electron chi connectivity index (χ4n) is 4.54. The number of aliphatic carboxylic acids is 1. The van der Waals surface area contributed by atoms with Crippen LogP contribution in [0.1, 0.15) is 54.7 Å². The van der Waals surface area contributed by atoms with Gasteiger partial charge in [-0.05, 0) is 69.5 Å². The molecule has 1 unspecified atom stereocenters. The van der Waals surface area contributed by atoms with E-state index >= 15 is 0 Å². The molecule has 0 fully saturated rings. The highest BCUT2D eigenvalue weighted by Crippen LogP contribution is 2.37. The molecule has 3 aromatic carbocycles. The summed E-state index contributed by atoms with van der Waals surface area (Å²) in [6.45, 7) is 9.16. The van der Waals surface area contributed by atoms with E-state index in [9.17, 15) is 47.0 Å². The maximum atomic E-state index is 12.8. The molecule has 0 saturated carbocycles. The molecule has 1 atom stereocenters. The molecule has 0 heterocycles. The zero-order chi connectivity index (χ0) is 45.1. The van der Waals surface area contributed by atoms with Crippen molar-refractivity contribution in [2.24, 2.45) is 0 Å². The second-order valence-corrected chi connectivity index (χ2v) is 14.0. The number of nitrogens with one attached hydrogen (secondary N) is 1. The van der Waals surface area contributed by atoms with E-state index in [2.05, 4.69) is 12.2 Å². The SMILES string of the molecule is CCOC(=O)C(C)OC(=O)c1cc(Oc2ccc(C(F)(F)F)cc2Cl)ccc1[N+](=O)[O-].CCOCN(C(=O)CCl)c1c(C)cccc1CC.O=C(O)CNCP(=O)(O)O. The van der Waals surface area contributed by atoms with Crippen molar-refractivity contribution in [2.75, 3.05) is 43.6 Å². The van der Waals surface area contributed by atoms with Crippen molar-refractivity contribution in [3.05, 3.63) is 92.0 Å². The number of para-hydroxylation sites is 1. The maximum Gasteiger partial charge on any atom is 0.416 e. The van der Waals surface area contributed by atoms with Crippen LogP contribution < -0.4 is 15.0 Å². The van der Waals surface area contributed by atoms with Gasteiger partial charge in [-0.2, -0.15) is 13.2 Å². The molecule has 3 aromatic rings. The third kappa shape index (κ3) is 18.3. The number of nitrogens with zero attached hydrogens (tertiary/aromatic N) is 2. The fourth-order valence-corrected chi connectivity index (χ4v) is 5.30. The maximum absolute atomic E-state index is 12.8. The van der Waals surface area contributed by atoms with E-state index < -0.39 is 72.4 Å². The highest BCUT2D eigenvalue weighted by Gasteiger charge is 2.31. The van der Waals surface area contributed by atoms with Crippen molar-refractivity contribution in [3.8, 4) is 11.5 Å². The average Bonchev–Trinajstić information content (AvgIpc) is 3.15. The van der Waals surface area contributed by atoms with Crippen LogP contribution in [-0.4, -0.2) is 88.4 Å². The molecule has 0 radical (unpaired) electrons. The molecule has 0 aliphatic rings. The average molecular weight is 901 g/mol. The number of rotatable bonds is 17. The van der Waals surface area contributed by atoms with Gasteiger partial charge in [0.2, 0.25) is 5.91 Å². The molecule has 0 aliphatic heterocycles. The number of carboxylic acids is 1. The molecule has 0 aliphatic carbocycles. The van der Waals surface area contributed by atoms with Gasteiger partial charge in [0.15, 0.2) is 6.10 Å². The summed E-state index contributed by atoms with van der Waals surface area (Å²) in [6.07, 6.45) is -5.67. The van der Waals surface area contributed by atoms with Gasteiger partial charge in [0, 0.05) is 18.7 Å². The first-order valence-electron chi connectivity index (χ1n) is 17.2. The summed E-state index contributed by atoms with van der Waals surface area (Å²) in [6, 6.07) is 11.4. The predicted octanol–water partition coefficient (Wildman–Crippen LogP) is 7.09. The molecule has 1 amide bonds. The summed E-state index contributed by atoms with van der Waals surface area (Å²) >= 11 is 11.5. The Morgan fingerprint density at radius 3 is 2.20 bits per heavy atom. The second kappa shape index (κ2) is 25.0. The molecule has 0 aromatic heterocycles. The smallest absolute Gasteiger partial charge is 0.416 e. The number of anilines is 1. The van der Waals surface area contributed by atoms with Crippen LogP contribution in [0.25, 0.3) is 0 Å². The highest BCUT2D eigenvalue weighted by molar-refractivity contribution is 7.51. The van der Waals surface area contributed by atoms with E-state index in [0.717, 1.165) is 53.6 Å². The van der Waals surface area contributed by atoms with Crippen molar-refractivity contribution < 1.29 is 75.7 Å². The van der Waals surface area contributed by atoms with Gasteiger partial charge in [-0.1, -0.05) is 36.7 Å². The van der Waals surface area contributed by atoms with Gasteiger partial charge in [0.05, 0.1) is 40.6 Å². The van der Waals surface area contributed by atoms with Crippen LogP contribution in [0.15, 0.2) is 54.6 Å². The number of carbonyl (C=O) groups is 4. The molecular weight excluding hydrogens is 857 g/mol. The van der Waals surface area contributed by atoms with E-state index in [1.165, 1.54) is 6.92 Å². The molecule has 0 bridgehead atoms. The van der Waals surface area contributed by atoms with Crippen LogP contribution in [0.4, 0.5) is 24.5 Å². The molecule has 59 heavy (non-hydrogen) atoms. The van der Waals surface area contributed by atoms with Crippen LogP contribution >= 0.6 is 30.8 Å². The Balaban J connectivity index is 0.000000521. The Kier molecular flexibility index (Phi) is 22.1. The molecular formula is C36H43Cl2F3N3O14P. The zero-order valence-corrected chi connectivity index (χ0v) is 34.7. The number of carboxylic acid groups (broad SMARTS) is 1. The Morgan fingerprint density at radius 1 is 1.03 bits per heavy atom. The third-order valence-electron chi connectivity index (χ3n) is 7.18. The zero-order valence-electron chi connectivity index (χ0n) is 32.3. The monoisotopic (exact) mass is 899 g/mol. The number of aryl methyl sites for hydroxylation is 2. The normalized spacial score (nSPS) is 11.5. The lowest BCUT2D eigenvalue weighted by molar-refractivity contribution is -0.385. The Bertz CT molecular complexity index is 1970. The minimum atomic E-state index is -4.61. The lowest BCUT2D eigenvalue weighted by atomic mass is 10.0. The van der Waals surface area contributed by atoms with E-state index in [-0.39, 0.29) is 41.6 Å². The van der Waals surface area contributed by atoms with Gasteiger partial charge in [0.1, 0.15) is 29.7 Å². The first kappa shape index (κ1) is 52.2. The van der Waals surface area contributed by atoms with E-state index in [4.69, 9.17) is 57.0 Å². The van der Waals surface area contributed by atoms with Gasteiger partial charge in [-0.3, -0.25) is 34.5 Å². The Labute approximate surface area is 346 Å². The second-order valence-electron chi connectivity index (χ2n) is 11.6. The quantitative estimate of drug-likeness (QED) is 0.0264. The number of amides is 1. The van der Waals surface area contributed by atoms with Crippen molar-refractivity contribution >= 4 is 66.0 Å². The lowest BCUT2D eigenvalue weighted by Gasteiger charge is -2.25. The van der Waals surface area contributed by atoms with Crippen LogP contribution in [0.2, 0.25) is 5.02 Å². The number of carbonyl (C=O) groups excluding carboxylic acids is 3. The van der Waals surface area contributed by atoms with Crippen molar-refractivity contribution in [1.82, 2.24) is 5.32 Å². The summed E-state index contributed by atoms with van der Waals surface area (Å²) in [5.41, 5.74) is 0.958. The lowest BCUT2D eigenvalue weighted by Crippen LogP contribution is -2.35. The van der Waals surface area contributed by atoms with E-state index in [0.29, 0.717) is 12.7 Å². The highest BCUT2D eigenvalue weighted by atomic mass is 35.5. The van der Waals surface area contributed by atoms with Crippen LogP contribution in [0, 0.1) is 17.0 Å². The number of ether oxygens (including phenoxy) is 4. The minimum absolute atomic E-state index is 0.0371. The van der Waals surface area contributed by atoms with Gasteiger partial charge in [-0.25, -0.2) is 9.59 Å². The number of nitro groups is 1. The summed E-state index contributed by atoms with van der Waals surface area (Å²) in [7, 11) is -4.10.